The fraction of sp³-hybridized carbons (Fsp3) is 0.690. The second kappa shape index (κ2) is 18.2. The summed E-state index contributed by atoms with van der Waals surface area (Å²) in [4.78, 5) is 40.2. The number of nitrogens with one attached hydrogen (secondary N) is 1. The normalized spacial score (nSPS) is 15.4. The Balaban J connectivity index is 1.82. The highest BCUT2D eigenvalue weighted by atomic mass is 79.9. The zero-order valence-electron chi connectivity index (χ0n) is 22.7. The number of rotatable bonds is 18. The van der Waals surface area contributed by atoms with Crippen molar-refractivity contribution in [2.45, 2.75) is 103 Å². The highest BCUT2D eigenvalue weighted by Gasteiger charge is 2.36. The lowest BCUT2D eigenvalue weighted by Gasteiger charge is -2.35. The Morgan fingerprint density at radius 3 is 2.27 bits per heavy atom. The van der Waals surface area contributed by atoms with Crippen LogP contribution in [0, 0.1) is 0 Å². The van der Waals surface area contributed by atoms with Crippen molar-refractivity contribution in [1.82, 2.24) is 10.2 Å². The zero-order valence-corrected chi connectivity index (χ0v) is 24.3. The first kappa shape index (κ1) is 31.1. The number of piperazine rings is 1. The number of benzene rings is 1. The van der Waals surface area contributed by atoms with Gasteiger partial charge >= 0.3 is 5.97 Å². The van der Waals surface area contributed by atoms with E-state index in [9.17, 15) is 14.4 Å². The molecular weight excluding hydrogens is 536 g/mol. The topological polar surface area (TPSA) is 84.9 Å². The van der Waals surface area contributed by atoms with Gasteiger partial charge in [0, 0.05) is 17.6 Å². The summed E-state index contributed by atoms with van der Waals surface area (Å²) < 4.78 is 12.0. The number of carbonyl (C=O) groups is 3. The second-order valence-electron chi connectivity index (χ2n) is 9.75. The third-order valence-corrected chi connectivity index (χ3v) is 7.13. The van der Waals surface area contributed by atoms with E-state index in [0.29, 0.717) is 37.6 Å². The number of esters is 1. The predicted octanol–water partition coefficient (Wildman–Crippen LogP) is 6.42. The average Bonchev–Trinajstić information content (AvgIpc) is 2.89. The number of halogens is 1. The maximum absolute atomic E-state index is 13.5. The molecule has 0 radical (unpaired) electrons. The monoisotopic (exact) mass is 580 g/mol. The molecule has 1 aliphatic heterocycles. The molecule has 1 saturated heterocycles. The molecule has 8 heteroatoms. The van der Waals surface area contributed by atoms with Crippen molar-refractivity contribution < 1.29 is 23.9 Å². The van der Waals surface area contributed by atoms with E-state index in [0.717, 1.165) is 36.6 Å². The van der Waals surface area contributed by atoms with Gasteiger partial charge in [-0.3, -0.25) is 14.4 Å². The van der Waals surface area contributed by atoms with Crippen LogP contribution in [0.15, 0.2) is 22.7 Å². The van der Waals surface area contributed by atoms with E-state index >= 15 is 0 Å². The van der Waals surface area contributed by atoms with Gasteiger partial charge in [-0.25, -0.2) is 0 Å². The summed E-state index contributed by atoms with van der Waals surface area (Å²) >= 11 is 3.43. The van der Waals surface area contributed by atoms with Crippen molar-refractivity contribution in [3.63, 3.8) is 0 Å². The lowest BCUT2D eigenvalue weighted by Crippen LogP contribution is -2.57. The Labute approximate surface area is 231 Å². The van der Waals surface area contributed by atoms with Gasteiger partial charge in [-0.2, -0.15) is 0 Å². The minimum Gasteiger partial charge on any atom is -0.493 e. The van der Waals surface area contributed by atoms with Crippen molar-refractivity contribution in [2.24, 2.45) is 0 Å². The van der Waals surface area contributed by atoms with E-state index in [1.54, 1.807) is 12.1 Å². The largest absolute Gasteiger partial charge is 0.493 e. The smallest absolute Gasteiger partial charge is 0.308 e. The molecule has 0 aromatic heterocycles. The quantitative estimate of drug-likeness (QED) is 0.160. The van der Waals surface area contributed by atoms with Crippen LogP contribution >= 0.6 is 15.9 Å². The number of nitrogens with zero attached hydrogens (tertiary/aromatic N) is 1. The number of ether oxygens (including phenoxy) is 2. The molecule has 1 fully saturated rings. The number of unbranched alkanes of at least 4 members (excludes halogenated alkanes) is 10. The van der Waals surface area contributed by atoms with E-state index in [4.69, 9.17) is 9.47 Å². The van der Waals surface area contributed by atoms with Gasteiger partial charge in [0.1, 0.15) is 11.8 Å². The minimum absolute atomic E-state index is 0.157. The Hall–Kier alpha value is -2.09. The SMILES string of the molecule is CCCCCCCCCCCCOC(=O)CC1C(=O)NCCN1C(=O)c1cc(Br)ccc1OCCCC. The van der Waals surface area contributed by atoms with E-state index in [1.165, 1.54) is 49.8 Å². The fourth-order valence-electron chi connectivity index (χ4n) is 4.43. The Kier molecular flexibility index (Phi) is 15.3. The van der Waals surface area contributed by atoms with Crippen LogP contribution in [0.25, 0.3) is 0 Å². The maximum atomic E-state index is 13.5. The van der Waals surface area contributed by atoms with E-state index in [1.807, 2.05) is 6.07 Å². The van der Waals surface area contributed by atoms with E-state index in [-0.39, 0.29) is 18.2 Å². The van der Waals surface area contributed by atoms with Crippen LogP contribution < -0.4 is 10.1 Å². The second-order valence-corrected chi connectivity index (χ2v) is 10.7. The molecule has 1 aromatic carbocycles. The molecule has 1 atom stereocenters. The van der Waals surface area contributed by atoms with Gasteiger partial charge in [0.15, 0.2) is 0 Å². The summed E-state index contributed by atoms with van der Waals surface area (Å²) in [6.07, 6.45) is 13.8. The van der Waals surface area contributed by atoms with Crippen LogP contribution in [0.2, 0.25) is 0 Å². The Bertz CT molecular complexity index is 848. The molecule has 1 aromatic rings. The number of amides is 2. The van der Waals surface area contributed by atoms with Crippen LogP contribution in [0.3, 0.4) is 0 Å². The summed E-state index contributed by atoms with van der Waals surface area (Å²) in [6, 6.07) is 4.39. The molecule has 1 N–H and O–H groups in total. The van der Waals surface area contributed by atoms with Crippen LogP contribution in [0.1, 0.15) is 108 Å². The highest BCUT2D eigenvalue weighted by molar-refractivity contribution is 9.10. The van der Waals surface area contributed by atoms with Gasteiger partial charge in [-0.1, -0.05) is 94.0 Å². The third kappa shape index (κ3) is 11.5. The number of hydrogen-bond acceptors (Lipinski definition) is 5. The predicted molar refractivity (Wildman–Crippen MR) is 150 cm³/mol. The fourth-order valence-corrected chi connectivity index (χ4v) is 4.79. The molecule has 1 heterocycles. The summed E-state index contributed by atoms with van der Waals surface area (Å²) in [7, 11) is 0. The van der Waals surface area contributed by atoms with Crippen LogP contribution in [-0.2, 0) is 14.3 Å². The third-order valence-electron chi connectivity index (χ3n) is 6.64. The Morgan fingerprint density at radius 1 is 0.946 bits per heavy atom. The summed E-state index contributed by atoms with van der Waals surface area (Å²) in [5.41, 5.74) is 0.379. The van der Waals surface area contributed by atoms with Crippen molar-refractivity contribution >= 4 is 33.7 Å². The molecule has 37 heavy (non-hydrogen) atoms. The molecule has 1 unspecified atom stereocenters. The molecule has 2 amide bonds. The first-order valence-corrected chi connectivity index (χ1v) is 14.9. The molecule has 0 saturated carbocycles. The van der Waals surface area contributed by atoms with Crippen molar-refractivity contribution in [1.29, 1.82) is 0 Å². The van der Waals surface area contributed by atoms with Gasteiger partial charge in [0.2, 0.25) is 5.91 Å². The average molecular weight is 582 g/mol. The van der Waals surface area contributed by atoms with Crippen molar-refractivity contribution in [3.8, 4) is 5.75 Å². The number of carbonyl (C=O) groups excluding carboxylic acids is 3. The molecule has 0 spiro atoms. The van der Waals surface area contributed by atoms with Crippen LogP contribution in [0.5, 0.6) is 5.75 Å². The standard InChI is InChI=1S/C29H45BrN2O5/c1-3-5-7-8-9-10-11-12-13-14-20-37-27(33)22-25-28(34)31-17-18-32(25)29(35)24-21-23(30)15-16-26(24)36-19-6-4-2/h15-16,21,25H,3-14,17-20,22H2,1-2H3,(H,31,34). The molecule has 0 bridgehead atoms. The molecule has 2 rings (SSSR count). The molecule has 208 valence electrons. The lowest BCUT2D eigenvalue weighted by molar-refractivity contribution is -0.147. The van der Waals surface area contributed by atoms with Gasteiger partial charge in [0.25, 0.3) is 5.91 Å². The molecule has 7 nitrogen and oxygen atoms in total. The van der Waals surface area contributed by atoms with Crippen LogP contribution in [0.4, 0.5) is 0 Å². The summed E-state index contributed by atoms with van der Waals surface area (Å²) in [5, 5.41) is 2.77. The van der Waals surface area contributed by atoms with Crippen molar-refractivity contribution in [2.75, 3.05) is 26.3 Å². The highest BCUT2D eigenvalue weighted by Crippen LogP contribution is 2.27. The molecule has 0 aliphatic carbocycles. The lowest BCUT2D eigenvalue weighted by atomic mass is 10.1. The van der Waals surface area contributed by atoms with Crippen LogP contribution in [-0.4, -0.2) is 55.0 Å². The zero-order chi connectivity index (χ0) is 26.9. The summed E-state index contributed by atoms with van der Waals surface area (Å²) in [5.74, 6) is -0.631. The first-order valence-electron chi connectivity index (χ1n) is 14.1. The molecular formula is C29H45BrN2O5. The minimum atomic E-state index is -0.899. The van der Waals surface area contributed by atoms with Gasteiger partial charge in [-0.15, -0.1) is 0 Å². The van der Waals surface area contributed by atoms with Gasteiger partial charge in [0.05, 0.1) is 25.2 Å². The van der Waals surface area contributed by atoms with Crippen molar-refractivity contribution in [3.05, 3.63) is 28.2 Å². The Morgan fingerprint density at radius 2 is 1.59 bits per heavy atom. The van der Waals surface area contributed by atoms with E-state index < -0.39 is 12.0 Å². The van der Waals surface area contributed by atoms with Gasteiger partial charge < -0.3 is 19.7 Å². The van der Waals surface area contributed by atoms with Gasteiger partial charge in [-0.05, 0) is 31.0 Å². The molecule has 1 aliphatic rings. The maximum Gasteiger partial charge on any atom is 0.308 e. The number of hydrogen-bond donors (Lipinski definition) is 1. The summed E-state index contributed by atoms with van der Waals surface area (Å²) in [6.45, 7) is 5.82. The van der Waals surface area contributed by atoms with E-state index in [2.05, 4.69) is 35.1 Å². The first-order chi connectivity index (χ1) is 18.0.